The topological polar surface area (TPSA) is 79.4 Å². The van der Waals surface area contributed by atoms with Crippen molar-refractivity contribution in [1.29, 1.82) is 0 Å². The zero-order valence-electron chi connectivity index (χ0n) is 14.4. The predicted molar refractivity (Wildman–Crippen MR) is 96.5 cm³/mol. The lowest BCUT2D eigenvalue weighted by molar-refractivity contribution is -0.136. The van der Waals surface area contributed by atoms with Gasteiger partial charge in [-0.1, -0.05) is 30.3 Å². The van der Waals surface area contributed by atoms with Crippen molar-refractivity contribution in [2.24, 2.45) is 0 Å². The molecule has 1 aromatic heterocycles. The molecule has 0 bridgehead atoms. The predicted octanol–water partition coefficient (Wildman–Crippen LogP) is 1.61. The van der Waals surface area contributed by atoms with Gasteiger partial charge in [0.25, 0.3) is 5.91 Å². The van der Waals surface area contributed by atoms with Gasteiger partial charge in [-0.25, -0.2) is 0 Å². The van der Waals surface area contributed by atoms with Crippen LogP contribution in [0.15, 0.2) is 54.9 Å². The van der Waals surface area contributed by atoms with Gasteiger partial charge in [0.1, 0.15) is 11.8 Å². The Morgan fingerprint density at radius 3 is 2.46 bits per heavy atom. The molecule has 2 aromatic rings. The number of rotatable bonds is 5. The van der Waals surface area contributed by atoms with E-state index in [1.54, 1.807) is 23.2 Å². The molecule has 1 aliphatic rings. The number of piperidine rings is 1. The molecule has 1 atom stereocenters. The number of likely N-dealkylation sites (tertiary alicyclic amines) is 1. The van der Waals surface area contributed by atoms with E-state index >= 15 is 0 Å². The number of Topliss-reactive ketones (excluding diaryl/α,β-unsaturated/α-hetero) is 1. The molecule has 1 fully saturated rings. The number of nitrogens with one attached hydrogen (secondary N) is 1. The highest BCUT2D eigenvalue weighted by Crippen LogP contribution is 2.12. The zero-order valence-corrected chi connectivity index (χ0v) is 14.4. The third-order valence-electron chi connectivity index (χ3n) is 4.44. The van der Waals surface area contributed by atoms with Gasteiger partial charge in [0.05, 0.1) is 5.56 Å². The molecule has 1 saturated heterocycles. The lowest BCUT2D eigenvalue weighted by Crippen LogP contribution is -2.51. The maximum absolute atomic E-state index is 13.0. The molecule has 0 unspecified atom stereocenters. The smallest absolute Gasteiger partial charge is 0.253 e. The van der Waals surface area contributed by atoms with Crippen molar-refractivity contribution in [2.75, 3.05) is 13.1 Å². The van der Waals surface area contributed by atoms with Gasteiger partial charge < -0.3 is 10.2 Å². The Hall–Kier alpha value is -3.02. The monoisotopic (exact) mass is 351 g/mol. The third-order valence-corrected chi connectivity index (χ3v) is 4.44. The fraction of sp³-hybridized carbons (Fsp3) is 0.300. The van der Waals surface area contributed by atoms with E-state index in [1.807, 2.05) is 30.3 Å². The SMILES string of the molecule is O=C1CCN(C(=O)[C@@H](Cc2ccccc2)NC(=O)c2cccnc2)CC1. The molecular weight excluding hydrogens is 330 g/mol. The minimum atomic E-state index is -0.682. The van der Waals surface area contributed by atoms with E-state index in [4.69, 9.17) is 0 Å². The van der Waals surface area contributed by atoms with Crippen molar-refractivity contribution in [3.05, 3.63) is 66.0 Å². The van der Waals surface area contributed by atoms with Crippen molar-refractivity contribution in [1.82, 2.24) is 15.2 Å². The quantitative estimate of drug-likeness (QED) is 0.888. The van der Waals surface area contributed by atoms with Crippen LogP contribution in [0.3, 0.4) is 0 Å². The van der Waals surface area contributed by atoms with Crippen molar-refractivity contribution >= 4 is 17.6 Å². The number of pyridine rings is 1. The number of ketones is 1. The molecule has 1 aliphatic heterocycles. The van der Waals surface area contributed by atoms with Crippen molar-refractivity contribution in [3.63, 3.8) is 0 Å². The van der Waals surface area contributed by atoms with E-state index in [-0.39, 0.29) is 17.6 Å². The summed E-state index contributed by atoms with van der Waals surface area (Å²) in [5.74, 6) is -0.313. The van der Waals surface area contributed by atoms with Gasteiger partial charge in [-0.2, -0.15) is 0 Å². The lowest BCUT2D eigenvalue weighted by atomic mass is 10.0. The average molecular weight is 351 g/mol. The summed E-state index contributed by atoms with van der Waals surface area (Å²) in [5.41, 5.74) is 1.37. The fourth-order valence-electron chi connectivity index (χ4n) is 2.99. The number of benzene rings is 1. The van der Waals surface area contributed by atoms with Gasteiger partial charge in [0.2, 0.25) is 5.91 Å². The van der Waals surface area contributed by atoms with Crippen LogP contribution in [-0.2, 0) is 16.0 Å². The summed E-state index contributed by atoms with van der Waals surface area (Å²) < 4.78 is 0. The van der Waals surface area contributed by atoms with Crippen LogP contribution < -0.4 is 5.32 Å². The van der Waals surface area contributed by atoms with E-state index in [0.29, 0.717) is 37.9 Å². The molecule has 2 heterocycles. The maximum atomic E-state index is 13.0. The van der Waals surface area contributed by atoms with E-state index in [0.717, 1.165) is 5.56 Å². The van der Waals surface area contributed by atoms with E-state index in [2.05, 4.69) is 10.3 Å². The van der Waals surface area contributed by atoms with Gasteiger partial charge in [-0.05, 0) is 17.7 Å². The van der Waals surface area contributed by atoms with Gasteiger partial charge in [-0.3, -0.25) is 19.4 Å². The number of nitrogens with zero attached hydrogens (tertiary/aromatic N) is 2. The van der Waals surface area contributed by atoms with E-state index in [9.17, 15) is 14.4 Å². The Morgan fingerprint density at radius 1 is 1.08 bits per heavy atom. The summed E-state index contributed by atoms with van der Waals surface area (Å²) in [4.78, 5) is 42.5. The van der Waals surface area contributed by atoms with Crippen LogP contribution in [-0.4, -0.2) is 46.6 Å². The summed E-state index contributed by atoms with van der Waals surface area (Å²) in [6, 6.07) is 12.2. The first-order chi connectivity index (χ1) is 12.6. The van der Waals surface area contributed by atoms with Gasteiger partial charge in [0.15, 0.2) is 0 Å². The normalized spacial score (nSPS) is 15.4. The first kappa shape index (κ1) is 17.8. The second-order valence-corrected chi connectivity index (χ2v) is 6.32. The van der Waals surface area contributed by atoms with Gasteiger partial charge in [0, 0.05) is 44.7 Å². The Balaban J connectivity index is 1.76. The highest BCUT2D eigenvalue weighted by molar-refractivity contribution is 5.97. The molecule has 3 rings (SSSR count). The van der Waals surface area contributed by atoms with E-state index in [1.165, 1.54) is 6.20 Å². The molecule has 1 aromatic carbocycles. The largest absolute Gasteiger partial charge is 0.340 e. The van der Waals surface area contributed by atoms with Gasteiger partial charge in [-0.15, -0.1) is 0 Å². The third kappa shape index (κ3) is 4.53. The molecule has 1 N–H and O–H groups in total. The summed E-state index contributed by atoms with van der Waals surface area (Å²) >= 11 is 0. The molecule has 0 saturated carbocycles. The number of carbonyl (C=O) groups is 3. The molecular formula is C20H21N3O3. The van der Waals surface area contributed by atoms with Crippen LogP contribution in [0.2, 0.25) is 0 Å². The second-order valence-electron chi connectivity index (χ2n) is 6.32. The Morgan fingerprint density at radius 2 is 1.81 bits per heavy atom. The zero-order chi connectivity index (χ0) is 18.4. The first-order valence-corrected chi connectivity index (χ1v) is 8.69. The average Bonchev–Trinajstić information content (AvgIpc) is 2.69. The fourth-order valence-corrected chi connectivity index (χ4v) is 2.99. The number of carbonyl (C=O) groups excluding carboxylic acids is 3. The Labute approximate surface area is 152 Å². The van der Waals surface area contributed by atoms with Crippen LogP contribution in [0, 0.1) is 0 Å². The minimum absolute atomic E-state index is 0.154. The van der Waals surface area contributed by atoms with Crippen molar-refractivity contribution in [2.45, 2.75) is 25.3 Å². The van der Waals surface area contributed by atoms with Gasteiger partial charge >= 0.3 is 0 Å². The molecule has 0 spiro atoms. The number of hydrogen-bond donors (Lipinski definition) is 1. The van der Waals surface area contributed by atoms with E-state index < -0.39 is 6.04 Å². The molecule has 6 nitrogen and oxygen atoms in total. The number of aromatic nitrogens is 1. The molecule has 0 aliphatic carbocycles. The number of amides is 2. The van der Waals surface area contributed by atoms with Crippen LogP contribution in [0.25, 0.3) is 0 Å². The molecule has 6 heteroatoms. The highest BCUT2D eigenvalue weighted by Gasteiger charge is 2.29. The van der Waals surface area contributed by atoms with Crippen LogP contribution in [0.4, 0.5) is 0 Å². The first-order valence-electron chi connectivity index (χ1n) is 8.69. The summed E-state index contributed by atoms with van der Waals surface area (Å²) in [6.07, 6.45) is 4.21. The Bertz CT molecular complexity index is 767. The Kier molecular flexibility index (Phi) is 5.73. The molecule has 0 radical (unpaired) electrons. The van der Waals surface area contributed by atoms with Crippen LogP contribution in [0.1, 0.15) is 28.8 Å². The highest BCUT2D eigenvalue weighted by atomic mass is 16.2. The summed E-state index contributed by atoms with van der Waals surface area (Å²) in [5, 5.41) is 2.84. The lowest BCUT2D eigenvalue weighted by Gasteiger charge is -2.30. The van der Waals surface area contributed by atoms with Crippen LogP contribution in [0.5, 0.6) is 0 Å². The van der Waals surface area contributed by atoms with Crippen molar-refractivity contribution in [3.8, 4) is 0 Å². The molecule has 134 valence electrons. The standard InChI is InChI=1S/C20H21N3O3/c24-17-8-11-23(12-9-17)20(26)18(13-15-5-2-1-3-6-15)22-19(25)16-7-4-10-21-14-16/h1-7,10,14,18H,8-9,11-13H2,(H,22,25)/t18-/m1/s1. The number of hydrogen-bond acceptors (Lipinski definition) is 4. The van der Waals surface area contributed by atoms with Crippen molar-refractivity contribution < 1.29 is 14.4 Å². The summed E-state index contributed by atoms with van der Waals surface area (Å²) in [7, 11) is 0. The minimum Gasteiger partial charge on any atom is -0.340 e. The van der Waals surface area contributed by atoms with Crippen LogP contribution >= 0.6 is 0 Å². The summed E-state index contributed by atoms with van der Waals surface area (Å²) in [6.45, 7) is 0.817. The molecule has 2 amide bonds. The molecule has 26 heavy (non-hydrogen) atoms. The maximum Gasteiger partial charge on any atom is 0.253 e. The second kappa shape index (κ2) is 8.38.